The lowest BCUT2D eigenvalue weighted by atomic mass is 10.1. The first kappa shape index (κ1) is 15.0. The van der Waals surface area contributed by atoms with Crippen LogP contribution in [0.4, 0.5) is 5.69 Å². The molecule has 1 rings (SSSR count). The Morgan fingerprint density at radius 1 is 1.53 bits per heavy atom. The quantitative estimate of drug-likeness (QED) is 0.870. The molecule has 0 unspecified atom stereocenters. The molecular formula is C14H20N4O. The summed E-state index contributed by atoms with van der Waals surface area (Å²) >= 11 is 0. The summed E-state index contributed by atoms with van der Waals surface area (Å²) in [5, 5.41) is 9.27. The molecule has 0 aromatic carbocycles. The summed E-state index contributed by atoms with van der Waals surface area (Å²) in [5.41, 5.74) is 8.04. The van der Waals surface area contributed by atoms with Crippen LogP contribution in [-0.2, 0) is 4.79 Å². The Labute approximate surface area is 114 Å². The number of nitrogens with zero attached hydrogens (tertiary/aromatic N) is 3. The molecule has 102 valence electrons. The van der Waals surface area contributed by atoms with Gasteiger partial charge in [0.05, 0.1) is 23.5 Å². The fourth-order valence-electron chi connectivity index (χ4n) is 2.07. The molecule has 0 saturated carbocycles. The van der Waals surface area contributed by atoms with E-state index in [-0.39, 0.29) is 6.54 Å². The van der Waals surface area contributed by atoms with Crippen LogP contribution in [0.15, 0.2) is 6.07 Å². The van der Waals surface area contributed by atoms with Gasteiger partial charge in [0.1, 0.15) is 6.07 Å². The predicted molar refractivity (Wildman–Crippen MR) is 74.7 cm³/mol. The SMILES string of the molecule is Cc1cc(N(CC(N)=O)CC(C)C)c(C#N)c(C)n1. The van der Waals surface area contributed by atoms with Gasteiger partial charge in [-0.2, -0.15) is 5.26 Å². The number of rotatable bonds is 5. The van der Waals surface area contributed by atoms with Gasteiger partial charge >= 0.3 is 0 Å². The molecular weight excluding hydrogens is 240 g/mol. The predicted octanol–water partition coefficient (Wildman–Crippen LogP) is 1.52. The summed E-state index contributed by atoms with van der Waals surface area (Å²) in [6.07, 6.45) is 0. The van der Waals surface area contributed by atoms with Crippen LogP contribution in [0.1, 0.15) is 30.8 Å². The van der Waals surface area contributed by atoms with E-state index in [4.69, 9.17) is 5.73 Å². The third kappa shape index (κ3) is 3.95. The van der Waals surface area contributed by atoms with E-state index < -0.39 is 5.91 Å². The Kier molecular flexibility index (Phi) is 4.87. The molecule has 2 N–H and O–H groups in total. The zero-order valence-corrected chi connectivity index (χ0v) is 11.9. The standard InChI is InChI=1S/C14H20N4O/c1-9(2)7-18(8-14(16)19)13-5-10(3)17-11(4)12(13)6-15/h5,9H,7-8H2,1-4H3,(H2,16,19). The zero-order chi connectivity index (χ0) is 14.6. The van der Waals surface area contributed by atoms with E-state index in [1.54, 1.807) is 6.92 Å². The van der Waals surface area contributed by atoms with Crippen molar-refractivity contribution in [3.05, 3.63) is 23.0 Å². The first-order chi connectivity index (χ1) is 8.85. The molecule has 0 spiro atoms. The minimum absolute atomic E-state index is 0.107. The van der Waals surface area contributed by atoms with E-state index in [0.717, 1.165) is 11.4 Å². The van der Waals surface area contributed by atoms with Crippen LogP contribution < -0.4 is 10.6 Å². The summed E-state index contributed by atoms with van der Waals surface area (Å²) in [5.74, 6) is -0.0451. The molecule has 1 amide bonds. The van der Waals surface area contributed by atoms with Crippen molar-refractivity contribution in [3.63, 3.8) is 0 Å². The van der Waals surface area contributed by atoms with Gasteiger partial charge in [-0.25, -0.2) is 0 Å². The number of amides is 1. The van der Waals surface area contributed by atoms with Crippen LogP contribution >= 0.6 is 0 Å². The van der Waals surface area contributed by atoms with Gasteiger partial charge in [-0.3, -0.25) is 9.78 Å². The van der Waals surface area contributed by atoms with Gasteiger partial charge < -0.3 is 10.6 Å². The van der Waals surface area contributed by atoms with Crippen molar-refractivity contribution in [3.8, 4) is 6.07 Å². The number of primary amides is 1. The normalized spacial score (nSPS) is 10.3. The molecule has 0 aliphatic rings. The summed E-state index contributed by atoms with van der Waals surface area (Å²) in [4.78, 5) is 17.4. The fraction of sp³-hybridized carbons (Fsp3) is 0.500. The van der Waals surface area contributed by atoms with E-state index in [1.165, 1.54) is 0 Å². The van der Waals surface area contributed by atoms with E-state index >= 15 is 0 Å². The maximum atomic E-state index is 11.2. The van der Waals surface area contributed by atoms with Crippen LogP contribution in [0, 0.1) is 31.1 Å². The molecule has 0 radical (unpaired) electrons. The van der Waals surface area contributed by atoms with Crippen molar-refractivity contribution in [2.75, 3.05) is 18.0 Å². The molecule has 0 fully saturated rings. The minimum atomic E-state index is -0.406. The molecule has 0 bridgehead atoms. The second-order valence-electron chi connectivity index (χ2n) is 5.10. The average Bonchev–Trinajstić information content (AvgIpc) is 2.25. The number of hydrogen-bond acceptors (Lipinski definition) is 4. The maximum Gasteiger partial charge on any atom is 0.236 e. The Morgan fingerprint density at radius 2 is 2.16 bits per heavy atom. The maximum absolute atomic E-state index is 11.2. The lowest BCUT2D eigenvalue weighted by Crippen LogP contribution is -2.37. The first-order valence-electron chi connectivity index (χ1n) is 6.26. The molecule has 0 aliphatic carbocycles. The second-order valence-corrected chi connectivity index (χ2v) is 5.10. The van der Waals surface area contributed by atoms with Gasteiger partial charge in [-0.1, -0.05) is 13.8 Å². The largest absolute Gasteiger partial charge is 0.368 e. The molecule has 1 aromatic heterocycles. The number of anilines is 1. The average molecular weight is 260 g/mol. The monoisotopic (exact) mass is 260 g/mol. The molecule has 0 atom stereocenters. The van der Waals surface area contributed by atoms with Crippen molar-refractivity contribution in [1.29, 1.82) is 5.26 Å². The van der Waals surface area contributed by atoms with Crippen molar-refractivity contribution < 1.29 is 4.79 Å². The van der Waals surface area contributed by atoms with E-state index in [1.807, 2.05) is 17.9 Å². The fourth-order valence-corrected chi connectivity index (χ4v) is 2.07. The summed E-state index contributed by atoms with van der Waals surface area (Å²) in [7, 11) is 0. The van der Waals surface area contributed by atoms with Crippen LogP contribution in [-0.4, -0.2) is 24.0 Å². The molecule has 5 nitrogen and oxygen atoms in total. The highest BCUT2D eigenvalue weighted by molar-refractivity contribution is 5.80. The Hall–Kier alpha value is -2.09. The van der Waals surface area contributed by atoms with Crippen molar-refractivity contribution in [2.45, 2.75) is 27.7 Å². The molecule has 0 saturated heterocycles. The van der Waals surface area contributed by atoms with Gasteiger partial charge in [-0.05, 0) is 25.8 Å². The lowest BCUT2D eigenvalue weighted by Gasteiger charge is -2.26. The molecule has 0 aliphatic heterocycles. The number of nitriles is 1. The highest BCUT2D eigenvalue weighted by Crippen LogP contribution is 2.24. The third-order valence-corrected chi connectivity index (χ3v) is 2.69. The highest BCUT2D eigenvalue weighted by Gasteiger charge is 2.17. The Balaban J connectivity index is 3.28. The minimum Gasteiger partial charge on any atom is -0.368 e. The van der Waals surface area contributed by atoms with Gasteiger partial charge in [0.25, 0.3) is 0 Å². The first-order valence-corrected chi connectivity index (χ1v) is 6.26. The highest BCUT2D eigenvalue weighted by atomic mass is 16.1. The van der Waals surface area contributed by atoms with Gasteiger partial charge in [-0.15, -0.1) is 0 Å². The summed E-state index contributed by atoms with van der Waals surface area (Å²) in [6.45, 7) is 8.56. The van der Waals surface area contributed by atoms with E-state index in [9.17, 15) is 10.1 Å². The molecule has 1 heterocycles. The number of carbonyl (C=O) groups is 1. The van der Waals surface area contributed by atoms with Crippen molar-refractivity contribution >= 4 is 11.6 Å². The number of pyridine rings is 1. The number of hydrogen-bond donors (Lipinski definition) is 1. The number of aromatic nitrogens is 1. The van der Waals surface area contributed by atoms with Gasteiger partial charge in [0, 0.05) is 12.2 Å². The van der Waals surface area contributed by atoms with Crippen molar-refractivity contribution in [2.24, 2.45) is 11.7 Å². The van der Waals surface area contributed by atoms with Crippen LogP contribution in [0.2, 0.25) is 0 Å². The summed E-state index contributed by atoms with van der Waals surface area (Å²) in [6, 6.07) is 3.99. The summed E-state index contributed by atoms with van der Waals surface area (Å²) < 4.78 is 0. The van der Waals surface area contributed by atoms with Gasteiger partial charge in [0.15, 0.2) is 0 Å². The van der Waals surface area contributed by atoms with Crippen LogP contribution in [0.5, 0.6) is 0 Å². The third-order valence-electron chi connectivity index (χ3n) is 2.69. The van der Waals surface area contributed by atoms with E-state index in [2.05, 4.69) is 24.9 Å². The van der Waals surface area contributed by atoms with E-state index in [0.29, 0.717) is 23.7 Å². The van der Waals surface area contributed by atoms with Crippen molar-refractivity contribution in [1.82, 2.24) is 4.98 Å². The Morgan fingerprint density at radius 3 is 2.63 bits per heavy atom. The van der Waals surface area contributed by atoms with Gasteiger partial charge in [0.2, 0.25) is 5.91 Å². The van der Waals surface area contributed by atoms with Crippen LogP contribution in [0.25, 0.3) is 0 Å². The molecule has 1 aromatic rings. The van der Waals surface area contributed by atoms with Crippen LogP contribution in [0.3, 0.4) is 0 Å². The molecule has 5 heteroatoms. The topological polar surface area (TPSA) is 83.0 Å². The number of nitrogens with two attached hydrogens (primary N) is 1. The second kappa shape index (κ2) is 6.19. The lowest BCUT2D eigenvalue weighted by molar-refractivity contribution is -0.116. The number of carbonyl (C=O) groups excluding carboxylic acids is 1. The number of aryl methyl sites for hydroxylation is 2. The zero-order valence-electron chi connectivity index (χ0n) is 11.9. The smallest absolute Gasteiger partial charge is 0.236 e. The Bertz CT molecular complexity index is 517. The molecule has 19 heavy (non-hydrogen) atoms.